The van der Waals surface area contributed by atoms with Crippen LogP contribution in [-0.2, 0) is 14.8 Å². The van der Waals surface area contributed by atoms with Crippen molar-refractivity contribution < 1.29 is 22.4 Å². The Hall–Kier alpha value is -1.87. The van der Waals surface area contributed by atoms with Gasteiger partial charge in [0.25, 0.3) is 5.91 Å². The summed E-state index contributed by atoms with van der Waals surface area (Å²) in [5.74, 6) is -0.0313. The highest BCUT2D eigenvalue weighted by Gasteiger charge is 2.35. The molecule has 3 heterocycles. The van der Waals surface area contributed by atoms with E-state index >= 15 is 0 Å². The van der Waals surface area contributed by atoms with Gasteiger partial charge in [0.15, 0.2) is 5.76 Å². The Morgan fingerprint density at radius 2 is 1.85 bits per heavy atom. The van der Waals surface area contributed by atoms with Gasteiger partial charge >= 0.3 is 0 Å². The van der Waals surface area contributed by atoms with Crippen molar-refractivity contribution in [3.8, 4) is 0 Å². The minimum atomic E-state index is -3.28. The predicted octanol–water partition coefficient (Wildman–Crippen LogP) is 1.02. The van der Waals surface area contributed by atoms with E-state index in [1.807, 2.05) is 6.92 Å². The molecule has 2 aliphatic rings. The third-order valence-electron chi connectivity index (χ3n) is 5.20. The van der Waals surface area contributed by atoms with Crippen LogP contribution in [-0.4, -0.2) is 79.4 Å². The van der Waals surface area contributed by atoms with Crippen LogP contribution in [0.25, 0.3) is 0 Å². The number of carbonyl (C=O) groups excluding carboxylic acids is 2. The van der Waals surface area contributed by atoms with Crippen LogP contribution in [0, 0.1) is 5.92 Å². The summed E-state index contributed by atoms with van der Waals surface area (Å²) in [5.41, 5.74) is 0. The topological polar surface area (TPSA) is 91.1 Å². The number of carbonyl (C=O) groups is 2. The largest absolute Gasteiger partial charge is 0.459 e. The van der Waals surface area contributed by atoms with Crippen molar-refractivity contribution in [2.45, 2.75) is 26.2 Å². The zero-order chi connectivity index (χ0) is 19.4. The van der Waals surface area contributed by atoms with Crippen LogP contribution in [0.15, 0.2) is 22.8 Å². The van der Waals surface area contributed by atoms with Gasteiger partial charge in [-0.1, -0.05) is 6.92 Å². The molecule has 2 fully saturated rings. The van der Waals surface area contributed by atoms with E-state index in [1.54, 1.807) is 21.9 Å². The van der Waals surface area contributed by atoms with Gasteiger partial charge in [-0.2, -0.15) is 0 Å². The SMILES string of the molecule is CCCS(=O)(=O)N1CCCC(C(=O)N2CCN(C(=O)c3ccco3)CC2)C1. The fourth-order valence-corrected chi connectivity index (χ4v) is 5.32. The van der Waals surface area contributed by atoms with Crippen LogP contribution in [0.1, 0.15) is 36.7 Å². The van der Waals surface area contributed by atoms with Gasteiger partial charge in [0.2, 0.25) is 15.9 Å². The number of hydrogen-bond acceptors (Lipinski definition) is 5. The van der Waals surface area contributed by atoms with Gasteiger partial charge in [-0.25, -0.2) is 12.7 Å². The summed E-state index contributed by atoms with van der Waals surface area (Å²) in [6.45, 7) is 4.44. The molecule has 0 spiro atoms. The molecule has 1 aromatic rings. The quantitative estimate of drug-likeness (QED) is 0.740. The maximum atomic E-state index is 12.9. The number of sulfonamides is 1. The number of furan rings is 1. The Morgan fingerprint density at radius 3 is 2.48 bits per heavy atom. The molecule has 1 aromatic heterocycles. The Kier molecular flexibility index (Phi) is 6.21. The molecule has 0 N–H and O–H groups in total. The lowest BCUT2D eigenvalue weighted by atomic mass is 9.97. The average Bonchev–Trinajstić information content (AvgIpc) is 3.22. The molecule has 27 heavy (non-hydrogen) atoms. The van der Waals surface area contributed by atoms with Gasteiger partial charge in [0, 0.05) is 39.3 Å². The monoisotopic (exact) mass is 397 g/mol. The maximum absolute atomic E-state index is 12.9. The Balaban J connectivity index is 1.55. The van der Waals surface area contributed by atoms with E-state index < -0.39 is 10.0 Å². The van der Waals surface area contributed by atoms with Gasteiger partial charge in [-0.15, -0.1) is 0 Å². The van der Waals surface area contributed by atoms with Crippen LogP contribution in [0.3, 0.4) is 0 Å². The van der Waals surface area contributed by atoms with E-state index in [0.29, 0.717) is 57.7 Å². The van der Waals surface area contributed by atoms with Gasteiger partial charge in [-0.3, -0.25) is 9.59 Å². The normalized spacial score (nSPS) is 22.0. The number of amides is 2. The molecule has 1 atom stereocenters. The van der Waals surface area contributed by atoms with E-state index in [-0.39, 0.29) is 30.0 Å². The molecular formula is C18H27N3O5S. The van der Waals surface area contributed by atoms with E-state index in [0.717, 1.165) is 0 Å². The van der Waals surface area contributed by atoms with E-state index in [9.17, 15) is 18.0 Å². The fraction of sp³-hybridized carbons (Fsp3) is 0.667. The highest BCUT2D eigenvalue weighted by atomic mass is 32.2. The molecule has 2 amide bonds. The van der Waals surface area contributed by atoms with Crippen molar-refractivity contribution in [1.82, 2.24) is 14.1 Å². The molecule has 0 bridgehead atoms. The number of nitrogens with zero attached hydrogens (tertiary/aromatic N) is 3. The van der Waals surface area contributed by atoms with Crippen LogP contribution >= 0.6 is 0 Å². The molecule has 0 aromatic carbocycles. The van der Waals surface area contributed by atoms with Crippen molar-refractivity contribution in [1.29, 1.82) is 0 Å². The van der Waals surface area contributed by atoms with E-state index in [2.05, 4.69) is 0 Å². The van der Waals surface area contributed by atoms with Crippen molar-refractivity contribution in [2.24, 2.45) is 5.92 Å². The highest BCUT2D eigenvalue weighted by Crippen LogP contribution is 2.22. The zero-order valence-electron chi connectivity index (χ0n) is 15.7. The molecule has 1 unspecified atom stereocenters. The van der Waals surface area contributed by atoms with Crippen LogP contribution in [0.5, 0.6) is 0 Å². The Morgan fingerprint density at radius 1 is 1.15 bits per heavy atom. The van der Waals surface area contributed by atoms with Gasteiger partial charge < -0.3 is 14.2 Å². The molecule has 0 aliphatic carbocycles. The molecule has 0 radical (unpaired) electrons. The summed E-state index contributed by atoms with van der Waals surface area (Å²) in [6.07, 6.45) is 3.45. The van der Waals surface area contributed by atoms with Crippen LogP contribution in [0.4, 0.5) is 0 Å². The lowest BCUT2D eigenvalue weighted by Gasteiger charge is -2.38. The summed E-state index contributed by atoms with van der Waals surface area (Å²) in [4.78, 5) is 28.6. The van der Waals surface area contributed by atoms with Gasteiger partial charge in [0.05, 0.1) is 17.9 Å². The lowest BCUT2D eigenvalue weighted by molar-refractivity contribution is -0.138. The van der Waals surface area contributed by atoms with Crippen molar-refractivity contribution in [2.75, 3.05) is 45.0 Å². The van der Waals surface area contributed by atoms with E-state index in [1.165, 1.54) is 10.6 Å². The number of piperidine rings is 1. The molecule has 2 aliphatic heterocycles. The first-order chi connectivity index (χ1) is 12.9. The van der Waals surface area contributed by atoms with Crippen molar-refractivity contribution in [3.05, 3.63) is 24.2 Å². The lowest BCUT2D eigenvalue weighted by Crippen LogP contribution is -2.54. The van der Waals surface area contributed by atoms with Crippen molar-refractivity contribution in [3.63, 3.8) is 0 Å². The fourth-order valence-electron chi connectivity index (χ4n) is 3.73. The van der Waals surface area contributed by atoms with Gasteiger partial charge in [-0.05, 0) is 31.4 Å². The summed E-state index contributed by atoms with van der Waals surface area (Å²) in [6, 6.07) is 3.31. The van der Waals surface area contributed by atoms with E-state index in [4.69, 9.17) is 4.42 Å². The second-order valence-corrected chi connectivity index (χ2v) is 9.20. The third-order valence-corrected chi connectivity index (χ3v) is 7.24. The molecule has 9 heteroatoms. The molecule has 150 valence electrons. The zero-order valence-corrected chi connectivity index (χ0v) is 16.5. The second-order valence-electron chi connectivity index (χ2n) is 7.11. The first kappa shape index (κ1) is 19.9. The Bertz CT molecular complexity index is 754. The number of piperazine rings is 1. The van der Waals surface area contributed by atoms with Crippen LogP contribution < -0.4 is 0 Å². The molecule has 8 nitrogen and oxygen atoms in total. The minimum Gasteiger partial charge on any atom is -0.459 e. The van der Waals surface area contributed by atoms with Crippen LogP contribution in [0.2, 0.25) is 0 Å². The molecule has 0 saturated carbocycles. The summed E-state index contributed by atoms with van der Waals surface area (Å²) in [7, 11) is -3.28. The smallest absolute Gasteiger partial charge is 0.289 e. The van der Waals surface area contributed by atoms with Gasteiger partial charge in [0.1, 0.15) is 0 Å². The highest BCUT2D eigenvalue weighted by molar-refractivity contribution is 7.89. The summed E-state index contributed by atoms with van der Waals surface area (Å²) < 4.78 is 31.2. The number of rotatable bonds is 5. The summed E-state index contributed by atoms with van der Waals surface area (Å²) >= 11 is 0. The third kappa shape index (κ3) is 4.52. The first-order valence-electron chi connectivity index (χ1n) is 9.51. The number of hydrogen-bond donors (Lipinski definition) is 0. The predicted molar refractivity (Wildman–Crippen MR) is 99.6 cm³/mol. The second kappa shape index (κ2) is 8.43. The summed E-state index contributed by atoms with van der Waals surface area (Å²) in [5, 5.41) is 0. The Labute approximate surface area is 160 Å². The minimum absolute atomic E-state index is 0.00324. The first-order valence-corrected chi connectivity index (χ1v) is 11.1. The average molecular weight is 397 g/mol. The standard InChI is InChI=1S/C18H27N3O5S/c1-2-13-27(24,25)21-7-3-5-15(14-21)17(22)19-8-10-20(11-9-19)18(23)16-6-4-12-26-16/h4,6,12,15H,2-3,5,7-11,13-14H2,1H3. The molecule has 2 saturated heterocycles. The maximum Gasteiger partial charge on any atom is 0.289 e. The molecular weight excluding hydrogens is 370 g/mol. The van der Waals surface area contributed by atoms with Crippen molar-refractivity contribution >= 4 is 21.8 Å². The molecule has 3 rings (SSSR count).